The van der Waals surface area contributed by atoms with Crippen molar-refractivity contribution in [3.05, 3.63) is 18.1 Å². The van der Waals surface area contributed by atoms with Crippen LogP contribution in [0.1, 0.15) is 31.9 Å². The van der Waals surface area contributed by atoms with E-state index in [1.165, 1.54) is 19.3 Å². The molecule has 4 heteroatoms. The molecule has 0 radical (unpaired) electrons. The Balaban J connectivity index is 2.19. The lowest BCUT2D eigenvalue weighted by atomic mass is 10.0. The Morgan fingerprint density at radius 1 is 1.47 bits per heavy atom. The first-order valence-corrected chi connectivity index (χ1v) is 5.49. The highest BCUT2D eigenvalue weighted by molar-refractivity contribution is 5.38. The van der Waals surface area contributed by atoms with Crippen LogP contribution in [0.15, 0.2) is 12.4 Å². The van der Waals surface area contributed by atoms with Crippen LogP contribution in [-0.4, -0.2) is 27.7 Å². The van der Waals surface area contributed by atoms with E-state index >= 15 is 0 Å². The van der Waals surface area contributed by atoms with Crippen LogP contribution in [0.25, 0.3) is 0 Å². The number of aliphatic hydroxyl groups is 1. The van der Waals surface area contributed by atoms with Gasteiger partial charge in [-0.25, -0.2) is 4.98 Å². The Hall–Kier alpha value is -1.16. The molecule has 1 N–H and O–H groups in total. The molecular formula is C11H17N3O. The number of anilines is 1. The van der Waals surface area contributed by atoms with E-state index in [0.29, 0.717) is 11.7 Å². The van der Waals surface area contributed by atoms with Gasteiger partial charge < -0.3 is 10.0 Å². The molecule has 0 bridgehead atoms. The van der Waals surface area contributed by atoms with Crippen LogP contribution in [-0.2, 0) is 6.61 Å². The largest absolute Gasteiger partial charge is 0.390 e. The second-order valence-corrected chi connectivity index (χ2v) is 4.06. The van der Waals surface area contributed by atoms with Crippen molar-refractivity contribution < 1.29 is 5.11 Å². The quantitative estimate of drug-likeness (QED) is 0.795. The summed E-state index contributed by atoms with van der Waals surface area (Å²) in [6.45, 7) is 3.22. The summed E-state index contributed by atoms with van der Waals surface area (Å²) >= 11 is 0. The average Bonchev–Trinajstić information content (AvgIpc) is 2.30. The summed E-state index contributed by atoms with van der Waals surface area (Å²) in [4.78, 5) is 10.8. The fraction of sp³-hybridized carbons (Fsp3) is 0.636. The SMILES string of the molecule is CC1CCCCN1c1cncc(CO)n1. The molecule has 1 aliphatic rings. The molecule has 82 valence electrons. The molecule has 0 aliphatic carbocycles. The lowest BCUT2D eigenvalue weighted by Crippen LogP contribution is -2.38. The van der Waals surface area contributed by atoms with E-state index in [2.05, 4.69) is 21.8 Å². The smallest absolute Gasteiger partial charge is 0.147 e. The summed E-state index contributed by atoms with van der Waals surface area (Å²) in [6, 6.07) is 0.530. The van der Waals surface area contributed by atoms with Crippen molar-refractivity contribution in [1.82, 2.24) is 9.97 Å². The Kier molecular flexibility index (Phi) is 3.16. The lowest BCUT2D eigenvalue weighted by Gasteiger charge is -2.34. The molecule has 0 spiro atoms. The molecule has 0 saturated carbocycles. The van der Waals surface area contributed by atoms with Gasteiger partial charge in [0.1, 0.15) is 5.82 Å². The van der Waals surface area contributed by atoms with Gasteiger partial charge in [0, 0.05) is 12.6 Å². The fourth-order valence-electron chi connectivity index (χ4n) is 2.05. The molecule has 1 atom stereocenters. The van der Waals surface area contributed by atoms with E-state index in [1.54, 1.807) is 12.4 Å². The van der Waals surface area contributed by atoms with Crippen molar-refractivity contribution in [2.45, 2.75) is 38.8 Å². The monoisotopic (exact) mass is 207 g/mol. The third-order valence-corrected chi connectivity index (χ3v) is 2.93. The normalized spacial score (nSPS) is 21.7. The number of aromatic nitrogens is 2. The highest BCUT2D eigenvalue weighted by Crippen LogP contribution is 2.22. The Morgan fingerprint density at radius 2 is 2.33 bits per heavy atom. The molecule has 1 aliphatic heterocycles. The standard InChI is InChI=1S/C11H17N3O/c1-9-4-2-3-5-14(9)11-7-12-6-10(8-15)13-11/h6-7,9,15H,2-5,8H2,1H3. The minimum Gasteiger partial charge on any atom is -0.390 e. The highest BCUT2D eigenvalue weighted by atomic mass is 16.3. The molecule has 1 unspecified atom stereocenters. The first kappa shape index (κ1) is 10.4. The number of hydrogen-bond acceptors (Lipinski definition) is 4. The highest BCUT2D eigenvalue weighted by Gasteiger charge is 2.19. The van der Waals surface area contributed by atoms with Gasteiger partial charge in [0.15, 0.2) is 0 Å². The maximum absolute atomic E-state index is 9.01. The van der Waals surface area contributed by atoms with Crippen LogP contribution in [0.4, 0.5) is 5.82 Å². The summed E-state index contributed by atoms with van der Waals surface area (Å²) in [5.41, 5.74) is 0.644. The predicted octanol–water partition coefficient (Wildman–Crippen LogP) is 1.35. The fourth-order valence-corrected chi connectivity index (χ4v) is 2.05. The van der Waals surface area contributed by atoms with Crippen LogP contribution in [0, 0.1) is 0 Å². The van der Waals surface area contributed by atoms with E-state index in [9.17, 15) is 0 Å². The second-order valence-electron chi connectivity index (χ2n) is 4.06. The Labute approximate surface area is 90.0 Å². The van der Waals surface area contributed by atoms with Crippen molar-refractivity contribution in [2.75, 3.05) is 11.4 Å². The third kappa shape index (κ3) is 2.26. The number of nitrogens with zero attached hydrogens (tertiary/aromatic N) is 3. The molecule has 1 fully saturated rings. The summed E-state index contributed by atoms with van der Waals surface area (Å²) in [7, 11) is 0. The van der Waals surface area contributed by atoms with Gasteiger partial charge in [-0.1, -0.05) is 0 Å². The van der Waals surface area contributed by atoms with Gasteiger partial charge in [-0.15, -0.1) is 0 Å². The van der Waals surface area contributed by atoms with E-state index in [0.717, 1.165) is 12.4 Å². The molecule has 1 aromatic rings. The van der Waals surface area contributed by atoms with Gasteiger partial charge in [-0.05, 0) is 26.2 Å². The topological polar surface area (TPSA) is 49.2 Å². The van der Waals surface area contributed by atoms with Gasteiger partial charge in [0.25, 0.3) is 0 Å². The van der Waals surface area contributed by atoms with Crippen molar-refractivity contribution in [3.8, 4) is 0 Å². The first-order valence-electron chi connectivity index (χ1n) is 5.49. The number of piperidine rings is 1. The first-order chi connectivity index (χ1) is 7.31. The van der Waals surface area contributed by atoms with Crippen LogP contribution < -0.4 is 4.90 Å². The van der Waals surface area contributed by atoms with Gasteiger partial charge >= 0.3 is 0 Å². The van der Waals surface area contributed by atoms with Crippen molar-refractivity contribution >= 4 is 5.82 Å². The summed E-state index contributed by atoms with van der Waals surface area (Å²) < 4.78 is 0. The molecule has 4 nitrogen and oxygen atoms in total. The molecule has 2 rings (SSSR count). The van der Waals surface area contributed by atoms with Crippen LogP contribution >= 0.6 is 0 Å². The van der Waals surface area contributed by atoms with E-state index in [1.807, 2.05) is 0 Å². The number of hydrogen-bond donors (Lipinski definition) is 1. The van der Waals surface area contributed by atoms with E-state index in [-0.39, 0.29) is 6.61 Å². The summed E-state index contributed by atoms with van der Waals surface area (Å²) in [6.07, 6.45) is 7.12. The average molecular weight is 207 g/mol. The molecule has 0 amide bonds. The van der Waals surface area contributed by atoms with Crippen molar-refractivity contribution in [3.63, 3.8) is 0 Å². The molecule has 1 saturated heterocycles. The van der Waals surface area contributed by atoms with Crippen LogP contribution in [0.2, 0.25) is 0 Å². The minimum absolute atomic E-state index is 0.0386. The van der Waals surface area contributed by atoms with E-state index < -0.39 is 0 Å². The lowest BCUT2D eigenvalue weighted by molar-refractivity contribution is 0.276. The molecule has 2 heterocycles. The second kappa shape index (κ2) is 4.57. The van der Waals surface area contributed by atoms with Gasteiger partial charge in [-0.2, -0.15) is 0 Å². The van der Waals surface area contributed by atoms with Gasteiger partial charge in [-0.3, -0.25) is 4.98 Å². The summed E-state index contributed by atoms with van der Waals surface area (Å²) in [5, 5.41) is 9.01. The molecule has 0 aromatic carbocycles. The Bertz CT molecular complexity index is 329. The zero-order valence-corrected chi connectivity index (χ0v) is 9.06. The summed E-state index contributed by atoms with van der Waals surface area (Å²) in [5.74, 6) is 0.897. The van der Waals surface area contributed by atoms with Gasteiger partial charge in [0.05, 0.1) is 24.7 Å². The van der Waals surface area contributed by atoms with Crippen LogP contribution in [0.5, 0.6) is 0 Å². The maximum atomic E-state index is 9.01. The predicted molar refractivity (Wildman–Crippen MR) is 58.6 cm³/mol. The molecule has 15 heavy (non-hydrogen) atoms. The van der Waals surface area contributed by atoms with Crippen molar-refractivity contribution in [1.29, 1.82) is 0 Å². The number of aliphatic hydroxyl groups excluding tert-OH is 1. The van der Waals surface area contributed by atoms with Crippen molar-refractivity contribution in [2.24, 2.45) is 0 Å². The minimum atomic E-state index is -0.0386. The van der Waals surface area contributed by atoms with Crippen LogP contribution in [0.3, 0.4) is 0 Å². The number of rotatable bonds is 2. The zero-order valence-electron chi connectivity index (χ0n) is 9.06. The third-order valence-electron chi connectivity index (χ3n) is 2.93. The van der Waals surface area contributed by atoms with Gasteiger partial charge in [0.2, 0.25) is 0 Å². The molecular weight excluding hydrogens is 190 g/mol. The maximum Gasteiger partial charge on any atom is 0.147 e. The Morgan fingerprint density at radius 3 is 3.07 bits per heavy atom. The van der Waals surface area contributed by atoms with E-state index in [4.69, 9.17) is 5.11 Å². The zero-order chi connectivity index (χ0) is 10.7. The molecule has 1 aromatic heterocycles.